The third-order valence-corrected chi connectivity index (χ3v) is 3.64. The normalized spacial score (nSPS) is 10.8. The zero-order chi connectivity index (χ0) is 14.8. The molecule has 2 N–H and O–H groups in total. The van der Waals surface area contributed by atoms with Crippen molar-refractivity contribution in [2.75, 3.05) is 24.3 Å². The van der Waals surface area contributed by atoms with Crippen LogP contribution in [0.25, 0.3) is 10.9 Å². The average molecular weight is 301 g/mol. The summed E-state index contributed by atoms with van der Waals surface area (Å²) >= 11 is 6.01. The van der Waals surface area contributed by atoms with Gasteiger partial charge in [-0.25, -0.2) is 4.98 Å². The van der Waals surface area contributed by atoms with Gasteiger partial charge < -0.3 is 15.2 Å². The first-order valence-electron chi connectivity index (χ1n) is 6.77. The molecule has 0 amide bonds. The maximum Gasteiger partial charge on any atom is 0.151 e. The number of hydrogen-bond acceptors (Lipinski definition) is 3. The van der Waals surface area contributed by atoms with Crippen LogP contribution in [-0.2, 0) is 6.54 Å². The van der Waals surface area contributed by atoms with Gasteiger partial charge in [-0.05, 0) is 29.8 Å². The predicted octanol–water partition coefficient (Wildman–Crippen LogP) is 3.89. The van der Waals surface area contributed by atoms with Crippen molar-refractivity contribution in [3.63, 3.8) is 0 Å². The fourth-order valence-electron chi connectivity index (χ4n) is 2.39. The Morgan fingerprint density at radius 3 is 2.95 bits per heavy atom. The fourth-order valence-corrected chi connectivity index (χ4v) is 2.56. The minimum atomic E-state index is 0.730. The molecule has 21 heavy (non-hydrogen) atoms. The topological polar surface area (TPSA) is 44.0 Å². The van der Waals surface area contributed by atoms with Gasteiger partial charge in [-0.3, -0.25) is 0 Å². The molecule has 0 fully saturated rings. The number of anilines is 2. The van der Waals surface area contributed by atoms with E-state index in [1.807, 2.05) is 55.5 Å². The highest BCUT2D eigenvalue weighted by molar-refractivity contribution is 6.31. The second kappa shape index (κ2) is 5.66. The lowest BCUT2D eigenvalue weighted by Gasteiger charge is -2.16. The Labute approximate surface area is 128 Å². The molecular weight excluding hydrogens is 284 g/mol. The summed E-state index contributed by atoms with van der Waals surface area (Å²) in [4.78, 5) is 9.64. The van der Waals surface area contributed by atoms with Crippen LogP contribution in [0.5, 0.6) is 0 Å². The number of halogens is 1. The van der Waals surface area contributed by atoms with Gasteiger partial charge in [-0.1, -0.05) is 17.7 Å². The number of H-pyrrole nitrogens is 1. The smallest absolute Gasteiger partial charge is 0.151 e. The van der Waals surface area contributed by atoms with Crippen LogP contribution in [0.15, 0.2) is 42.7 Å². The largest absolute Gasteiger partial charge is 0.378 e. The SMILES string of the molecule is CN(C)c1ncccc1NCc1c[nH]c2cc(Cl)ccc12. The lowest BCUT2D eigenvalue weighted by molar-refractivity contribution is 1.05. The van der Waals surface area contributed by atoms with E-state index in [4.69, 9.17) is 11.6 Å². The highest BCUT2D eigenvalue weighted by Crippen LogP contribution is 2.25. The standard InChI is InChI=1S/C16H17ClN4/c1-21(2)16-14(4-3-7-18-16)19-9-11-10-20-15-8-12(17)5-6-13(11)15/h3-8,10,19-20H,9H2,1-2H3. The number of benzene rings is 1. The van der Waals surface area contributed by atoms with Crippen molar-refractivity contribution in [1.82, 2.24) is 9.97 Å². The molecule has 2 aromatic heterocycles. The number of fused-ring (bicyclic) bond motifs is 1. The Kier molecular flexibility index (Phi) is 3.71. The Bertz CT molecular complexity index is 764. The first-order chi connectivity index (χ1) is 10.1. The molecule has 0 aliphatic heterocycles. The van der Waals surface area contributed by atoms with Crippen molar-refractivity contribution in [2.45, 2.75) is 6.54 Å². The molecule has 0 aliphatic rings. The number of rotatable bonds is 4. The minimum Gasteiger partial charge on any atom is -0.378 e. The molecule has 0 radical (unpaired) electrons. The van der Waals surface area contributed by atoms with Gasteiger partial charge in [0.1, 0.15) is 0 Å². The first-order valence-corrected chi connectivity index (χ1v) is 7.14. The quantitative estimate of drug-likeness (QED) is 0.768. The van der Waals surface area contributed by atoms with Crippen LogP contribution >= 0.6 is 11.6 Å². The molecule has 3 rings (SSSR count). The summed E-state index contributed by atoms with van der Waals surface area (Å²) in [6.45, 7) is 0.730. The van der Waals surface area contributed by atoms with Gasteiger partial charge in [0.05, 0.1) is 5.69 Å². The Hall–Kier alpha value is -2.20. The maximum atomic E-state index is 6.01. The third-order valence-electron chi connectivity index (χ3n) is 3.41. The molecule has 0 spiro atoms. The molecule has 4 nitrogen and oxygen atoms in total. The molecule has 5 heteroatoms. The molecule has 0 saturated carbocycles. The zero-order valence-electron chi connectivity index (χ0n) is 12.0. The molecule has 3 aromatic rings. The number of nitrogens with one attached hydrogen (secondary N) is 2. The van der Waals surface area contributed by atoms with Crippen molar-refractivity contribution in [1.29, 1.82) is 0 Å². The molecule has 0 saturated heterocycles. The Morgan fingerprint density at radius 2 is 2.14 bits per heavy atom. The van der Waals surface area contributed by atoms with Crippen molar-refractivity contribution in [2.24, 2.45) is 0 Å². The van der Waals surface area contributed by atoms with Crippen LogP contribution in [0, 0.1) is 0 Å². The molecular formula is C16H17ClN4. The number of nitrogens with zero attached hydrogens (tertiary/aromatic N) is 2. The second-order valence-electron chi connectivity index (χ2n) is 5.13. The molecule has 0 bridgehead atoms. The average Bonchev–Trinajstić information content (AvgIpc) is 2.87. The minimum absolute atomic E-state index is 0.730. The lowest BCUT2D eigenvalue weighted by atomic mass is 10.2. The van der Waals surface area contributed by atoms with Crippen LogP contribution in [0.3, 0.4) is 0 Å². The summed E-state index contributed by atoms with van der Waals surface area (Å²) in [6.07, 6.45) is 3.81. The highest BCUT2D eigenvalue weighted by Gasteiger charge is 2.07. The van der Waals surface area contributed by atoms with Crippen LogP contribution in [0.4, 0.5) is 11.5 Å². The fraction of sp³-hybridized carbons (Fsp3) is 0.188. The van der Waals surface area contributed by atoms with Crippen LogP contribution < -0.4 is 10.2 Å². The van der Waals surface area contributed by atoms with E-state index in [1.165, 1.54) is 10.9 Å². The highest BCUT2D eigenvalue weighted by atomic mass is 35.5. The Morgan fingerprint density at radius 1 is 1.29 bits per heavy atom. The molecule has 108 valence electrons. The maximum absolute atomic E-state index is 6.01. The van der Waals surface area contributed by atoms with Gasteiger partial charge in [0.25, 0.3) is 0 Å². The summed E-state index contributed by atoms with van der Waals surface area (Å²) in [6, 6.07) is 9.87. The van der Waals surface area contributed by atoms with Crippen molar-refractivity contribution in [3.8, 4) is 0 Å². The molecule has 0 atom stereocenters. The zero-order valence-corrected chi connectivity index (χ0v) is 12.8. The van der Waals surface area contributed by atoms with Gasteiger partial charge in [0, 0.05) is 49.0 Å². The summed E-state index contributed by atoms with van der Waals surface area (Å²) in [5.74, 6) is 0.931. The molecule has 0 aliphatic carbocycles. The van der Waals surface area contributed by atoms with Crippen LogP contribution in [-0.4, -0.2) is 24.1 Å². The van der Waals surface area contributed by atoms with Gasteiger partial charge in [-0.2, -0.15) is 0 Å². The summed E-state index contributed by atoms with van der Waals surface area (Å²) in [7, 11) is 3.97. The van der Waals surface area contributed by atoms with E-state index < -0.39 is 0 Å². The molecule has 0 unspecified atom stereocenters. The van der Waals surface area contributed by atoms with Crippen LogP contribution in [0.1, 0.15) is 5.56 Å². The molecule has 1 aromatic carbocycles. The predicted molar refractivity (Wildman–Crippen MR) is 89.2 cm³/mol. The lowest BCUT2D eigenvalue weighted by Crippen LogP contribution is -2.13. The van der Waals surface area contributed by atoms with Crippen molar-refractivity contribution in [3.05, 3.63) is 53.3 Å². The second-order valence-corrected chi connectivity index (χ2v) is 5.56. The van der Waals surface area contributed by atoms with Crippen molar-refractivity contribution >= 4 is 34.0 Å². The van der Waals surface area contributed by atoms with E-state index in [0.717, 1.165) is 28.6 Å². The Balaban J connectivity index is 1.84. The summed E-state index contributed by atoms with van der Waals surface area (Å²) < 4.78 is 0. The number of pyridine rings is 1. The van der Waals surface area contributed by atoms with E-state index in [1.54, 1.807) is 6.20 Å². The summed E-state index contributed by atoms with van der Waals surface area (Å²) in [5.41, 5.74) is 3.28. The van der Waals surface area contributed by atoms with Gasteiger partial charge in [-0.15, -0.1) is 0 Å². The van der Waals surface area contributed by atoms with Gasteiger partial charge >= 0.3 is 0 Å². The van der Waals surface area contributed by atoms with E-state index >= 15 is 0 Å². The van der Waals surface area contributed by atoms with E-state index in [-0.39, 0.29) is 0 Å². The van der Waals surface area contributed by atoms with Crippen LogP contribution in [0.2, 0.25) is 5.02 Å². The monoisotopic (exact) mass is 300 g/mol. The first kappa shape index (κ1) is 13.8. The third kappa shape index (κ3) is 2.81. The number of aromatic nitrogens is 2. The van der Waals surface area contributed by atoms with E-state index in [2.05, 4.69) is 15.3 Å². The number of hydrogen-bond donors (Lipinski definition) is 2. The van der Waals surface area contributed by atoms with E-state index in [9.17, 15) is 0 Å². The summed E-state index contributed by atoms with van der Waals surface area (Å²) in [5, 5.41) is 5.37. The molecule has 2 heterocycles. The number of aromatic amines is 1. The van der Waals surface area contributed by atoms with Gasteiger partial charge in [0.15, 0.2) is 5.82 Å². The van der Waals surface area contributed by atoms with Crippen molar-refractivity contribution < 1.29 is 0 Å². The van der Waals surface area contributed by atoms with Gasteiger partial charge in [0.2, 0.25) is 0 Å². The van der Waals surface area contributed by atoms with E-state index in [0.29, 0.717) is 0 Å².